The van der Waals surface area contributed by atoms with E-state index in [0.29, 0.717) is 21.8 Å². The van der Waals surface area contributed by atoms with Crippen LogP contribution in [0, 0.1) is 0 Å². The van der Waals surface area contributed by atoms with Gasteiger partial charge < -0.3 is 5.11 Å². The summed E-state index contributed by atoms with van der Waals surface area (Å²) in [7, 11) is 0. The van der Waals surface area contributed by atoms with Gasteiger partial charge in [0.2, 0.25) is 0 Å². The Morgan fingerprint density at radius 2 is 1.79 bits per heavy atom. The zero-order valence-corrected chi connectivity index (χ0v) is 16.6. The number of hydrogen-bond acceptors (Lipinski definition) is 5. The van der Waals surface area contributed by atoms with Crippen molar-refractivity contribution in [2.75, 3.05) is 0 Å². The van der Waals surface area contributed by atoms with Crippen LogP contribution in [0.5, 0.6) is 0 Å². The number of nitrogens with zero attached hydrogens (tertiary/aromatic N) is 4. The lowest BCUT2D eigenvalue weighted by atomic mass is 10.1. The molecule has 0 saturated heterocycles. The smallest absolute Gasteiger partial charge is 0.335 e. The summed E-state index contributed by atoms with van der Waals surface area (Å²) in [6.45, 7) is 0. The van der Waals surface area contributed by atoms with Crippen molar-refractivity contribution in [1.82, 2.24) is 19.7 Å². The molecule has 0 bridgehead atoms. The number of halogens is 1. The van der Waals surface area contributed by atoms with Crippen LogP contribution in [0.25, 0.3) is 17.1 Å². The second-order valence-corrected chi connectivity index (χ2v) is 7.53. The van der Waals surface area contributed by atoms with Gasteiger partial charge in [-0.2, -0.15) is 0 Å². The third-order valence-electron chi connectivity index (χ3n) is 4.21. The molecule has 4 aromatic rings. The number of carboxylic acids is 1. The van der Waals surface area contributed by atoms with Crippen LogP contribution in [-0.2, 0) is 5.75 Å². The molecule has 0 spiro atoms. The van der Waals surface area contributed by atoms with E-state index in [4.69, 9.17) is 16.7 Å². The summed E-state index contributed by atoms with van der Waals surface area (Å²) >= 11 is 7.72. The van der Waals surface area contributed by atoms with Crippen LogP contribution in [0.15, 0.2) is 78.2 Å². The number of aromatic nitrogens is 4. The number of hydrogen-bond donors (Lipinski definition) is 1. The Morgan fingerprint density at radius 3 is 2.48 bits per heavy atom. The average Bonchev–Trinajstić information content (AvgIpc) is 3.17. The third-order valence-corrected chi connectivity index (χ3v) is 5.44. The number of pyridine rings is 1. The van der Waals surface area contributed by atoms with Crippen LogP contribution in [0.2, 0.25) is 5.02 Å². The predicted molar refractivity (Wildman–Crippen MR) is 113 cm³/mol. The summed E-state index contributed by atoms with van der Waals surface area (Å²) in [5.74, 6) is 0.375. The molecule has 2 aromatic carbocycles. The molecular formula is C21H15ClN4O2S. The minimum absolute atomic E-state index is 0.265. The van der Waals surface area contributed by atoms with Crippen molar-refractivity contribution >= 4 is 29.3 Å². The van der Waals surface area contributed by atoms with E-state index in [0.717, 1.165) is 16.8 Å². The largest absolute Gasteiger partial charge is 0.478 e. The SMILES string of the molecule is O=C(O)c1ccc(CSc2nnc(-c3ccncc3)n2-c2cccc(Cl)c2)cc1. The molecule has 0 atom stereocenters. The van der Waals surface area contributed by atoms with E-state index in [1.165, 1.54) is 11.8 Å². The predicted octanol–water partition coefficient (Wildman–Crippen LogP) is 4.97. The molecule has 29 heavy (non-hydrogen) atoms. The summed E-state index contributed by atoms with van der Waals surface area (Å²) in [5, 5.41) is 19.1. The summed E-state index contributed by atoms with van der Waals surface area (Å²) in [6.07, 6.45) is 3.42. The van der Waals surface area contributed by atoms with Crippen molar-refractivity contribution in [2.45, 2.75) is 10.9 Å². The first-order chi connectivity index (χ1) is 14.1. The Balaban J connectivity index is 1.68. The van der Waals surface area contributed by atoms with Crippen LogP contribution in [-0.4, -0.2) is 30.8 Å². The van der Waals surface area contributed by atoms with E-state index in [1.807, 2.05) is 41.0 Å². The molecule has 4 rings (SSSR count). The van der Waals surface area contributed by atoms with Crippen LogP contribution >= 0.6 is 23.4 Å². The molecule has 0 radical (unpaired) electrons. The first-order valence-electron chi connectivity index (χ1n) is 8.68. The summed E-state index contributed by atoms with van der Waals surface area (Å²) in [5.41, 5.74) is 3.01. The average molecular weight is 423 g/mol. The maximum atomic E-state index is 11.0. The highest BCUT2D eigenvalue weighted by atomic mass is 35.5. The minimum Gasteiger partial charge on any atom is -0.478 e. The molecule has 0 saturated carbocycles. The Bertz CT molecular complexity index is 1150. The van der Waals surface area contributed by atoms with Gasteiger partial charge in [0.05, 0.1) is 11.3 Å². The molecule has 0 aliphatic rings. The van der Waals surface area contributed by atoms with E-state index in [2.05, 4.69) is 15.2 Å². The summed E-state index contributed by atoms with van der Waals surface area (Å²) < 4.78 is 1.96. The summed E-state index contributed by atoms with van der Waals surface area (Å²) in [4.78, 5) is 15.1. The van der Waals surface area contributed by atoms with Crippen molar-refractivity contribution < 1.29 is 9.90 Å². The number of thioether (sulfide) groups is 1. The van der Waals surface area contributed by atoms with E-state index in [9.17, 15) is 4.79 Å². The lowest BCUT2D eigenvalue weighted by Crippen LogP contribution is -2.00. The molecule has 0 unspecified atom stereocenters. The molecule has 6 nitrogen and oxygen atoms in total. The van der Waals surface area contributed by atoms with E-state index in [1.54, 1.807) is 36.7 Å². The fourth-order valence-electron chi connectivity index (χ4n) is 2.79. The van der Waals surface area contributed by atoms with Crippen LogP contribution in [0.4, 0.5) is 0 Å². The van der Waals surface area contributed by atoms with Gasteiger partial charge in [0, 0.05) is 28.7 Å². The van der Waals surface area contributed by atoms with Gasteiger partial charge in [-0.1, -0.05) is 41.6 Å². The van der Waals surface area contributed by atoms with Crippen molar-refractivity contribution in [3.63, 3.8) is 0 Å². The molecular weight excluding hydrogens is 408 g/mol. The van der Waals surface area contributed by atoms with Gasteiger partial charge in [-0.05, 0) is 48.0 Å². The normalized spacial score (nSPS) is 10.8. The highest BCUT2D eigenvalue weighted by molar-refractivity contribution is 7.98. The Labute approximate surface area is 176 Å². The van der Waals surface area contributed by atoms with Gasteiger partial charge in [-0.15, -0.1) is 10.2 Å². The van der Waals surface area contributed by atoms with Gasteiger partial charge in [-0.3, -0.25) is 9.55 Å². The molecule has 0 amide bonds. The fraction of sp³-hybridized carbons (Fsp3) is 0.0476. The quantitative estimate of drug-likeness (QED) is 0.441. The number of rotatable bonds is 6. The van der Waals surface area contributed by atoms with Gasteiger partial charge >= 0.3 is 5.97 Å². The van der Waals surface area contributed by atoms with Gasteiger partial charge in [-0.25, -0.2) is 4.79 Å². The Morgan fingerprint density at radius 1 is 1.03 bits per heavy atom. The minimum atomic E-state index is -0.938. The molecule has 144 valence electrons. The standard InChI is InChI=1S/C21H15ClN4O2S/c22-17-2-1-3-18(12-17)26-19(15-8-10-23-11-9-15)24-25-21(26)29-13-14-4-6-16(7-5-14)20(27)28/h1-12H,13H2,(H,27,28). The number of carboxylic acid groups (broad SMARTS) is 1. The van der Waals surface area contributed by atoms with Gasteiger partial charge in [0.15, 0.2) is 11.0 Å². The van der Waals surface area contributed by atoms with Gasteiger partial charge in [0.1, 0.15) is 0 Å². The van der Waals surface area contributed by atoms with Gasteiger partial charge in [0.25, 0.3) is 0 Å². The van der Waals surface area contributed by atoms with Crippen molar-refractivity contribution in [1.29, 1.82) is 0 Å². The first kappa shape index (κ1) is 19.2. The molecule has 0 aliphatic heterocycles. The lowest BCUT2D eigenvalue weighted by Gasteiger charge is -2.11. The number of aromatic carboxylic acids is 1. The van der Waals surface area contributed by atoms with E-state index >= 15 is 0 Å². The van der Waals surface area contributed by atoms with Crippen LogP contribution in [0.1, 0.15) is 15.9 Å². The Kier molecular flexibility index (Phi) is 5.59. The zero-order valence-electron chi connectivity index (χ0n) is 15.1. The molecule has 2 heterocycles. The molecule has 1 N–H and O–H groups in total. The van der Waals surface area contributed by atoms with Crippen molar-refractivity contribution in [2.24, 2.45) is 0 Å². The maximum absolute atomic E-state index is 11.0. The molecule has 2 aromatic heterocycles. The second-order valence-electron chi connectivity index (χ2n) is 6.15. The van der Waals surface area contributed by atoms with Crippen LogP contribution < -0.4 is 0 Å². The second kappa shape index (κ2) is 8.46. The van der Waals surface area contributed by atoms with Crippen LogP contribution in [0.3, 0.4) is 0 Å². The molecule has 8 heteroatoms. The zero-order chi connectivity index (χ0) is 20.2. The fourth-order valence-corrected chi connectivity index (χ4v) is 3.88. The molecule has 0 aliphatic carbocycles. The third kappa shape index (κ3) is 4.31. The highest BCUT2D eigenvalue weighted by Crippen LogP contribution is 2.30. The first-order valence-corrected chi connectivity index (χ1v) is 10.0. The van der Waals surface area contributed by atoms with E-state index in [-0.39, 0.29) is 5.56 Å². The Hall–Kier alpha value is -3.16. The molecule has 0 fully saturated rings. The lowest BCUT2D eigenvalue weighted by molar-refractivity contribution is 0.0697. The maximum Gasteiger partial charge on any atom is 0.335 e. The van der Waals surface area contributed by atoms with E-state index < -0.39 is 5.97 Å². The monoisotopic (exact) mass is 422 g/mol. The topological polar surface area (TPSA) is 80.9 Å². The van der Waals surface area contributed by atoms with Crippen molar-refractivity contribution in [3.8, 4) is 17.1 Å². The number of benzene rings is 2. The van der Waals surface area contributed by atoms with Crippen molar-refractivity contribution in [3.05, 3.63) is 89.2 Å². The highest BCUT2D eigenvalue weighted by Gasteiger charge is 2.16. The number of carbonyl (C=O) groups is 1. The summed E-state index contributed by atoms with van der Waals surface area (Å²) in [6, 6.07) is 18.1.